The zero-order chi connectivity index (χ0) is 9.89. The molecule has 0 saturated heterocycles. The van der Waals surface area contributed by atoms with Gasteiger partial charge in [0.1, 0.15) is 4.83 Å². The van der Waals surface area contributed by atoms with Crippen LogP contribution < -0.4 is 0 Å². The smallest absolute Gasteiger partial charge is 0.318 e. The lowest BCUT2D eigenvalue weighted by molar-refractivity contribution is -0.136. The standard InChI is InChI=1S/C6H8Br4O2/c1-2(7)3(8)4(9)5(10)6(11)12/h2-5H,1H3,(H,11,12). The number of carbonyl (C=O) groups is 1. The highest BCUT2D eigenvalue weighted by molar-refractivity contribution is 9.14. The van der Waals surface area contributed by atoms with Gasteiger partial charge in [0, 0.05) is 9.65 Å². The maximum atomic E-state index is 10.6. The molecule has 0 fully saturated rings. The lowest BCUT2D eigenvalue weighted by atomic mass is 10.2. The molecular weight excluding hydrogens is 424 g/mol. The molecule has 2 nitrogen and oxygen atoms in total. The average molecular weight is 432 g/mol. The normalized spacial score (nSPS) is 21.1. The Morgan fingerprint density at radius 3 is 1.83 bits per heavy atom. The molecule has 4 unspecified atom stereocenters. The van der Waals surface area contributed by atoms with Crippen molar-refractivity contribution in [3.8, 4) is 0 Å². The van der Waals surface area contributed by atoms with Crippen LogP contribution in [-0.2, 0) is 4.79 Å². The SMILES string of the molecule is CC(Br)C(Br)C(Br)C(Br)C(=O)O. The fourth-order valence-electron chi connectivity index (χ4n) is 0.551. The Hall–Kier alpha value is 1.39. The summed E-state index contributed by atoms with van der Waals surface area (Å²) in [5.74, 6) is -0.866. The molecule has 4 atom stereocenters. The van der Waals surface area contributed by atoms with E-state index in [4.69, 9.17) is 5.11 Å². The van der Waals surface area contributed by atoms with Crippen molar-refractivity contribution in [2.24, 2.45) is 0 Å². The molecule has 0 bridgehead atoms. The second-order valence-electron chi connectivity index (χ2n) is 2.31. The molecule has 72 valence electrons. The topological polar surface area (TPSA) is 37.3 Å². The van der Waals surface area contributed by atoms with Crippen LogP contribution in [0, 0.1) is 0 Å². The molecule has 12 heavy (non-hydrogen) atoms. The Balaban J connectivity index is 4.18. The number of rotatable bonds is 4. The van der Waals surface area contributed by atoms with Gasteiger partial charge < -0.3 is 5.11 Å². The highest BCUT2D eigenvalue weighted by Crippen LogP contribution is 2.28. The summed E-state index contributed by atoms with van der Waals surface area (Å²) in [5, 5.41) is 8.67. The molecule has 0 amide bonds. The van der Waals surface area contributed by atoms with E-state index in [9.17, 15) is 4.79 Å². The van der Waals surface area contributed by atoms with E-state index in [1.807, 2.05) is 6.92 Å². The summed E-state index contributed by atoms with van der Waals surface area (Å²) in [6.45, 7) is 1.95. The summed E-state index contributed by atoms with van der Waals surface area (Å²) in [7, 11) is 0. The Kier molecular flexibility index (Phi) is 6.68. The third-order valence-electron chi connectivity index (χ3n) is 1.26. The quantitative estimate of drug-likeness (QED) is 0.694. The van der Waals surface area contributed by atoms with E-state index in [0.29, 0.717) is 0 Å². The van der Waals surface area contributed by atoms with Gasteiger partial charge in [0.25, 0.3) is 0 Å². The summed E-state index contributed by atoms with van der Waals surface area (Å²) in [5.41, 5.74) is 0. The Morgan fingerprint density at radius 1 is 1.17 bits per heavy atom. The van der Waals surface area contributed by atoms with Crippen LogP contribution in [0.25, 0.3) is 0 Å². The maximum absolute atomic E-state index is 10.6. The fourth-order valence-corrected chi connectivity index (χ4v) is 3.02. The lowest BCUT2D eigenvalue weighted by Gasteiger charge is -2.20. The molecule has 0 aromatic heterocycles. The number of carboxylic acids is 1. The van der Waals surface area contributed by atoms with Crippen molar-refractivity contribution in [3.05, 3.63) is 0 Å². The molecule has 0 aliphatic heterocycles. The minimum absolute atomic E-state index is 0.0676. The van der Waals surface area contributed by atoms with Gasteiger partial charge in [-0.15, -0.1) is 0 Å². The molecule has 0 aliphatic rings. The average Bonchev–Trinajstić information content (AvgIpc) is 2.00. The second-order valence-corrected chi connectivity index (χ2v) is 6.85. The van der Waals surface area contributed by atoms with E-state index in [-0.39, 0.29) is 14.5 Å². The third-order valence-corrected chi connectivity index (χ3v) is 7.38. The van der Waals surface area contributed by atoms with E-state index < -0.39 is 10.8 Å². The van der Waals surface area contributed by atoms with E-state index in [0.717, 1.165) is 0 Å². The molecule has 0 aromatic carbocycles. The van der Waals surface area contributed by atoms with E-state index >= 15 is 0 Å². The summed E-state index contributed by atoms with van der Waals surface area (Å²) < 4.78 is 0. The molecule has 0 radical (unpaired) electrons. The first-order valence-electron chi connectivity index (χ1n) is 3.17. The van der Waals surface area contributed by atoms with E-state index in [1.54, 1.807) is 0 Å². The zero-order valence-electron chi connectivity index (χ0n) is 6.18. The van der Waals surface area contributed by atoms with Gasteiger partial charge in [-0.3, -0.25) is 4.79 Å². The van der Waals surface area contributed by atoms with Gasteiger partial charge in [-0.2, -0.15) is 0 Å². The number of aliphatic carboxylic acids is 1. The van der Waals surface area contributed by atoms with Crippen molar-refractivity contribution in [1.29, 1.82) is 0 Å². The van der Waals surface area contributed by atoms with Gasteiger partial charge in [-0.05, 0) is 0 Å². The number of alkyl halides is 4. The zero-order valence-corrected chi connectivity index (χ0v) is 12.5. The number of carboxylic acid groups (broad SMARTS) is 1. The van der Waals surface area contributed by atoms with E-state index in [1.165, 1.54) is 0 Å². The Labute approximate surface area is 105 Å². The van der Waals surface area contributed by atoms with Crippen LogP contribution in [-0.4, -0.2) is 30.4 Å². The monoisotopic (exact) mass is 428 g/mol. The largest absolute Gasteiger partial charge is 0.480 e. The first kappa shape index (κ1) is 13.4. The molecular formula is C6H8Br4O2. The van der Waals surface area contributed by atoms with Crippen LogP contribution in [0.2, 0.25) is 0 Å². The van der Waals surface area contributed by atoms with Gasteiger partial charge in [-0.25, -0.2) is 0 Å². The van der Waals surface area contributed by atoms with Gasteiger partial charge in [0.05, 0.1) is 4.83 Å². The first-order valence-corrected chi connectivity index (χ1v) is 6.83. The molecule has 0 spiro atoms. The first-order chi connectivity index (χ1) is 5.37. The van der Waals surface area contributed by atoms with Crippen LogP contribution in [0.1, 0.15) is 6.92 Å². The Morgan fingerprint density at radius 2 is 1.58 bits per heavy atom. The molecule has 0 saturated carbocycles. The van der Waals surface area contributed by atoms with Crippen molar-refractivity contribution >= 4 is 69.7 Å². The predicted octanol–water partition coefficient (Wildman–Crippen LogP) is 3.14. The van der Waals surface area contributed by atoms with Gasteiger partial charge in [0.15, 0.2) is 0 Å². The van der Waals surface area contributed by atoms with Crippen molar-refractivity contribution in [2.75, 3.05) is 0 Å². The van der Waals surface area contributed by atoms with Crippen molar-refractivity contribution in [2.45, 2.75) is 26.2 Å². The second kappa shape index (κ2) is 5.98. The molecule has 1 N–H and O–H groups in total. The van der Waals surface area contributed by atoms with Crippen LogP contribution in [0.5, 0.6) is 0 Å². The summed E-state index contributed by atoms with van der Waals surface area (Å²) in [6.07, 6.45) is 0. The molecule has 6 heteroatoms. The van der Waals surface area contributed by atoms with Crippen LogP contribution in [0.4, 0.5) is 0 Å². The van der Waals surface area contributed by atoms with Crippen LogP contribution in [0.3, 0.4) is 0 Å². The lowest BCUT2D eigenvalue weighted by Crippen LogP contribution is -2.34. The van der Waals surface area contributed by atoms with Gasteiger partial charge in [0.2, 0.25) is 0 Å². The highest BCUT2D eigenvalue weighted by atomic mass is 79.9. The molecule has 0 aliphatic carbocycles. The summed E-state index contributed by atoms with van der Waals surface area (Å²) >= 11 is 13.1. The summed E-state index contributed by atoms with van der Waals surface area (Å²) in [6, 6.07) is 0. The number of halogens is 4. The predicted molar refractivity (Wildman–Crippen MR) is 64.2 cm³/mol. The Bertz CT molecular complexity index is 162. The molecule has 0 aromatic rings. The van der Waals surface area contributed by atoms with Crippen molar-refractivity contribution in [3.63, 3.8) is 0 Å². The van der Waals surface area contributed by atoms with Gasteiger partial charge in [-0.1, -0.05) is 70.6 Å². The summed E-state index contributed by atoms with van der Waals surface area (Å²) in [4.78, 5) is 10.1. The highest BCUT2D eigenvalue weighted by Gasteiger charge is 2.31. The van der Waals surface area contributed by atoms with E-state index in [2.05, 4.69) is 63.7 Å². The number of hydrogen-bond donors (Lipinski definition) is 1. The van der Waals surface area contributed by atoms with Crippen LogP contribution >= 0.6 is 63.7 Å². The van der Waals surface area contributed by atoms with Gasteiger partial charge >= 0.3 is 5.97 Å². The minimum atomic E-state index is -0.866. The fraction of sp³-hybridized carbons (Fsp3) is 0.833. The van der Waals surface area contributed by atoms with Crippen molar-refractivity contribution < 1.29 is 9.90 Å². The number of hydrogen-bond acceptors (Lipinski definition) is 1. The minimum Gasteiger partial charge on any atom is -0.480 e. The van der Waals surface area contributed by atoms with Crippen LogP contribution in [0.15, 0.2) is 0 Å². The maximum Gasteiger partial charge on any atom is 0.318 e. The molecule has 0 heterocycles. The molecule has 0 rings (SSSR count). The van der Waals surface area contributed by atoms with Crippen molar-refractivity contribution in [1.82, 2.24) is 0 Å². The third kappa shape index (κ3) is 4.07.